The second-order valence-corrected chi connectivity index (χ2v) is 8.67. The highest BCUT2D eigenvalue weighted by molar-refractivity contribution is 6.30. The van der Waals surface area contributed by atoms with Crippen molar-refractivity contribution in [3.8, 4) is 0 Å². The van der Waals surface area contributed by atoms with Gasteiger partial charge in [0.05, 0.1) is 5.69 Å². The van der Waals surface area contributed by atoms with Crippen molar-refractivity contribution in [3.05, 3.63) is 113 Å². The summed E-state index contributed by atoms with van der Waals surface area (Å²) in [6.45, 7) is 0.535. The summed E-state index contributed by atoms with van der Waals surface area (Å²) in [4.78, 5) is 27.3. The summed E-state index contributed by atoms with van der Waals surface area (Å²) in [6.07, 6.45) is 2.83. The molecular formula is C29H27ClN2O2. The van der Waals surface area contributed by atoms with Crippen molar-refractivity contribution in [2.45, 2.75) is 25.3 Å². The third kappa shape index (κ3) is 5.83. The summed E-state index contributed by atoms with van der Waals surface area (Å²) in [5, 5.41) is 5.62. The first-order valence-corrected chi connectivity index (χ1v) is 11.8. The molecule has 0 aliphatic carbocycles. The second-order valence-electron chi connectivity index (χ2n) is 8.24. The summed E-state index contributed by atoms with van der Waals surface area (Å²) >= 11 is 6.05. The molecule has 4 rings (SSSR count). The first kappa shape index (κ1) is 23.5. The number of anilines is 1. The van der Waals surface area contributed by atoms with Crippen molar-refractivity contribution in [2.75, 3.05) is 11.4 Å². The number of rotatable bonds is 10. The van der Waals surface area contributed by atoms with Crippen LogP contribution in [0.15, 0.2) is 97.1 Å². The first-order chi connectivity index (χ1) is 16.7. The van der Waals surface area contributed by atoms with Gasteiger partial charge in [0.15, 0.2) is 0 Å². The lowest BCUT2D eigenvalue weighted by Gasteiger charge is -2.29. The maximum absolute atomic E-state index is 13.4. The maximum Gasteiger partial charge on any atom is 0.243 e. The molecule has 0 heterocycles. The Balaban J connectivity index is 1.56. The predicted molar refractivity (Wildman–Crippen MR) is 139 cm³/mol. The monoisotopic (exact) mass is 470 g/mol. The van der Waals surface area contributed by atoms with Crippen molar-refractivity contribution >= 4 is 40.4 Å². The highest BCUT2D eigenvalue weighted by Gasteiger charge is 2.27. The molecule has 0 fully saturated rings. The van der Waals surface area contributed by atoms with Gasteiger partial charge in [-0.25, -0.2) is 0 Å². The first-order valence-electron chi connectivity index (χ1n) is 11.4. The minimum Gasteiger partial charge on any atom is -0.354 e. The average Bonchev–Trinajstić information content (AvgIpc) is 2.88. The quantitative estimate of drug-likeness (QED) is 0.234. The maximum atomic E-state index is 13.4. The van der Waals surface area contributed by atoms with E-state index in [0.29, 0.717) is 23.7 Å². The van der Waals surface area contributed by atoms with E-state index in [1.54, 1.807) is 17.0 Å². The number of amides is 2. The minimum absolute atomic E-state index is 0.178. The number of hydrogen-bond acceptors (Lipinski definition) is 2. The van der Waals surface area contributed by atoms with Crippen LogP contribution in [0.2, 0.25) is 5.02 Å². The van der Waals surface area contributed by atoms with E-state index in [1.165, 1.54) is 5.56 Å². The van der Waals surface area contributed by atoms with Crippen LogP contribution in [0.4, 0.5) is 5.69 Å². The molecule has 4 nitrogen and oxygen atoms in total. The highest BCUT2D eigenvalue weighted by Crippen LogP contribution is 2.28. The molecule has 0 aromatic heterocycles. The third-order valence-electron chi connectivity index (χ3n) is 5.92. The van der Waals surface area contributed by atoms with Crippen molar-refractivity contribution in [3.63, 3.8) is 0 Å². The van der Waals surface area contributed by atoms with Crippen LogP contribution in [-0.4, -0.2) is 24.9 Å². The lowest BCUT2D eigenvalue weighted by atomic mass is 10.0. The minimum atomic E-state index is -0.693. The number of benzene rings is 4. The lowest BCUT2D eigenvalue weighted by molar-refractivity contribution is -0.123. The predicted octanol–water partition coefficient (Wildman–Crippen LogP) is 5.82. The Bertz CT molecular complexity index is 1240. The van der Waals surface area contributed by atoms with Crippen LogP contribution in [-0.2, 0) is 22.4 Å². The Kier molecular flexibility index (Phi) is 7.95. The lowest BCUT2D eigenvalue weighted by Crippen LogP contribution is -2.48. The average molecular weight is 471 g/mol. The van der Waals surface area contributed by atoms with Crippen LogP contribution in [0.25, 0.3) is 10.8 Å². The summed E-state index contributed by atoms with van der Waals surface area (Å²) in [5.41, 5.74) is 2.88. The van der Waals surface area contributed by atoms with Crippen molar-refractivity contribution in [1.82, 2.24) is 5.32 Å². The molecular weight excluding hydrogens is 444 g/mol. The van der Waals surface area contributed by atoms with Gasteiger partial charge in [0.2, 0.25) is 12.3 Å². The van der Waals surface area contributed by atoms with E-state index in [2.05, 4.69) is 17.4 Å². The number of nitrogens with one attached hydrogen (secondary N) is 1. The number of hydrogen-bond donors (Lipinski definition) is 1. The Morgan fingerprint density at radius 2 is 1.56 bits per heavy atom. The zero-order valence-corrected chi connectivity index (χ0v) is 19.6. The van der Waals surface area contributed by atoms with E-state index in [0.717, 1.165) is 35.6 Å². The van der Waals surface area contributed by atoms with E-state index in [1.807, 2.05) is 72.8 Å². The Morgan fingerprint density at radius 3 is 2.32 bits per heavy atom. The smallest absolute Gasteiger partial charge is 0.243 e. The topological polar surface area (TPSA) is 49.4 Å². The molecule has 0 aliphatic rings. The molecule has 4 aromatic carbocycles. The zero-order chi connectivity index (χ0) is 23.8. The van der Waals surface area contributed by atoms with Gasteiger partial charge < -0.3 is 10.2 Å². The molecule has 0 bridgehead atoms. The molecule has 1 N–H and O–H groups in total. The molecule has 0 radical (unpaired) electrons. The van der Waals surface area contributed by atoms with Gasteiger partial charge in [-0.3, -0.25) is 9.59 Å². The summed E-state index contributed by atoms with van der Waals surface area (Å²) in [6, 6.07) is 30.5. The van der Waals surface area contributed by atoms with Crippen molar-refractivity contribution in [1.29, 1.82) is 0 Å². The van der Waals surface area contributed by atoms with Crippen LogP contribution < -0.4 is 10.2 Å². The van der Waals surface area contributed by atoms with Crippen molar-refractivity contribution in [2.24, 2.45) is 0 Å². The van der Waals surface area contributed by atoms with Gasteiger partial charge in [-0.1, -0.05) is 90.5 Å². The van der Waals surface area contributed by atoms with E-state index < -0.39 is 6.04 Å². The van der Waals surface area contributed by atoms with Gasteiger partial charge in [-0.15, -0.1) is 0 Å². The van der Waals surface area contributed by atoms with Crippen LogP contribution in [0.3, 0.4) is 0 Å². The summed E-state index contributed by atoms with van der Waals surface area (Å²) < 4.78 is 0. The number of carbonyl (C=O) groups excluding carboxylic acids is 2. The standard InChI is InChI=1S/C29H27ClN2O2/c30-25-17-15-23(16-18-25)20-28(29(34)31-19-7-10-22-8-2-1-3-9-22)32(21-33)27-14-6-12-24-11-4-5-13-26(24)27/h1-6,8-9,11-18,21,28H,7,10,19-20H2,(H,31,34)/t28-/m0/s1. The Morgan fingerprint density at radius 1 is 0.853 bits per heavy atom. The zero-order valence-electron chi connectivity index (χ0n) is 18.9. The number of aryl methyl sites for hydroxylation is 1. The molecule has 1 atom stereocenters. The summed E-state index contributed by atoms with van der Waals surface area (Å²) in [7, 11) is 0. The molecule has 0 saturated heterocycles. The Labute approximate surface area is 205 Å². The molecule has 172 valence electrons. The number of carbonyl (C=O) groups is 2. The normalized spacial score (nSPS) is 11.7. The SMILES string of the molecule is O=CN(c1cccc2ccccc12)[C@@H](Cc1ccc(Cl)cc1)C(=O)NCCCc1ccccc1. The van der Waals surface area contributed by atoms with Crippen LogP contribution in [0.5, 0.6) is 0 Å². The fourth-order valence-corrected chi connectivity index (χ4v) is 4.29. The number of nitrogens with zero attached hydrogens (tertiary/aromatic N) is 1. The molecule has 0 spiro atoms. The van der Waals surface area contributed by atoms with E-state index in [9.17, 15) is 9.59 Å². The van der Waals surface area contributed by atoms with Crippen LogP contribution in [0.1, 0.15) is 17.5 Å². The van der Waals surface area contributed by atoms with E-state index in [4.69, 9.17) is 11.6 Å². The van der Waals surface area contributed by atoms with Gasteiger partial charge in [0.25, 0.3) is 0 Å². The van der Waals surface area contributed by atoms with Gasteiger partial charge >= 0.3 is 0 Å². The van der Waals surface area contributed by atoms with E-state index >= 15 is 0 Å². The molecule has 5 heteroatoms. The number of halogens is 1. The molecule has 0 unspecified atom stereocenters. The van der Waals surface area contributed by atoms with Crippen LogP contribution >= 0.6 is 11.6 Å². The van der Waals surface area contributed by atoms with E-state index in [-0.39, 0.29) is 5.91 Å². The number of fused-ring (bicyclic) bond motifs is 1. The molecule has 2 amide bonds. The molecule has 34 heavy (non-hydrogen) atoms. The van der Waals surface area contributed by atoms with Gasteiger partial charge in [-0.05, 0) is 47.6 Å². The highest BCUT2D eigenvalue weighted by atomic mass is 35.5. The van der Waals surface area contributed by atoms with Gasteiger partial charge in [0, 0.05) is 23.4 Å². The fraction of sp³-hybridized carbons (Fsp3) is 0.172. The Hall–Kier alpha value is -3.63. The van der Waals surface area contributed by atoms with Crippen molar-refractivity contribution < 1.29 is 9.59 Å². The largest absolute Gasteiger partial charge is 0.354 e. The summed E-state index contributed by atoms with van der Waals surface area (Å²) in [5.74, 6) is -0.178. The molecule has 0 aliphatic heterocycles. The van der Waals surface area contributed by atoms with Gasteiger partial charge in [0.1, 0.15) is 6.04 Å². The van der Waals surface area contributed by atoms with Gasteiger partial charge in [-0.2, -0.15) is 0 Å². The fourth-order valence-electron chi connectivity index (χ4n) is 4.16. The van der Waals surface area contributed by atoms with Crippen LogP contribution in [0, 0.1) is 0 Å². The third-order valence-corrected chi connectivity index (χ3v) is 6.18. The molecule has 0 saturated carbocycles. The molecule has 4 aromatic rings. The second kappa shape index (κ2) is 11.5.